The predicted molar refractivity (Wildman–Crippen MR) is 64.5 cm³/mol. The van der Waals surface area contributed by atoms with Crippen LogP contribution in [0.15, 0.2) is 21.1 Å². The lowest BCUT2D eigenvalue weighted by Crippen LogP contribution is -2.09. The van der Waals surface area contributed by atoms with Crippen LogP contribution in [0.4, 0.5) is 5.69 Å². The number of nitro benzene ring substituents is 1. The summed E-state index contributed by atoms with van der Waals surface area (Å²) in [5, 5.41) is 10.8. The molecule has 0 heterocycles. The Kier molecular flexibility index (Phi) is 4.43. The molecule has 0 fully saturated rings. The summed E-state index contributed by atoms with van der Waals surface area (Å²) in [7, 11) is 0. The highest BCUT2D eigenvalue weighted by atomic mass is 79.9. The number of benzene rings is 1. The highest BCUT2D eigenvalue weighted by molar-refractivity contribution is 9.11. The topological polar surface area (TPSA) is 69.4 Å². The second kappa shape index (κ2) is 5.40. The molecule has 1 rings (SSSR count). The normalized spacial score (nSPS) is 9.94. The van der Waals surface area contributed by atoms with Crippen LogP contribution in [0.3, 0.4) is 0 Å². The molecule has 0 aliphatic heterocycles. The molecule has 86 valence electrons. The highest BCUT2D eigenvalue weighted by Crippen LogP contribution is 2.31. The molecule has 0 aliphatic carbocycles. The predicted octanol–water partition coefficient (Wildman–Crippen LogP) is 3.30. The average molecular weight is 353 g/mol. The van der Waals surface area contributed by atoms with Gasteiger partial charge in [-0.3, -0.25) is 10.1 Å². The van der Waals surface area contributed by atoms with Crippen LogP contribution >= 0.6 is 31.9 Å². The number of nitrogens with zero attached hydrogens (tertiary/aromatic N) is 1. The highest BCUT2D eigenvalue weighted by Gasteiger charge is 2.25. The van der Waals surface area contributed by atoms with Gasteiger partial charge in [0.1, 0.15) is 0 Å². The fourth-order valence-electron chi connectivity index (χ4n) is 1.11. The van der Waals surface area contributed by atoms with Gasteiger partial charge in [-0.15, -0.1) is 0 Å². The van der Waals surface area contributed by atoms with Crippen molar-refractivity contribution in [3.63, 3.8) is 0 Å². The van der Waals surface area contributed by atoms with Gasteiger partial charge in [0, 0.05) is 15.0 Å². The summed E-state index contributed by atoms with van der Waals surface area (Å²) in [5.41, 5.74) is -0.366. The van der Waals surface area contributed by atoms with Gasteiger partial charge in [0.2, 0.25) is 0 Å². The van der Waals surface area contributed by atoms with Crippen LogP contribution in [0.2, 0.25) is 0 Å². The fourth-order valence-corrected chi connectivity index (χ4v) is 2.47. The van der Waals surface area contributed by atoms with Crippen LogP contribution in [-0.4, -0.2) is 17.5 Å². The molecule has 1 aromatic rings. The van der Waals surface area contributed by atoms with Crippen LogP contribution in [0, 0.1) is 10.1 Å². The third-order valence-electron chi connectivity index (χ3n) is 1.71. The number of rotatable bonds is 3. The molecule has 0 saturated carbocycles. The Morgan fingerprint density at radius 1 is 1.50 bits per heavy atom. The number of ether oxygens (including phenoxy) is 1. The van der Waals surface area contributed by atoms with E-state index < -0.39 is 10.9 Å². The lowest BCUT2D eigenvalue weighted by Gasteiger charge is -2.05. The first-order valence-electron chi connectivity index (χ1n) is 4.28. The van der Waals surface area contributed by atoms with E-state index in [4.69, 9.17) is 4.74 Å². The van der Waals surface area contributed by atoms with Crippen molar-refractivity contribution in [2.75, 3.05) is 6.61 Å². The molecule has 0 aromatic heterocycles. The maximum absolute atomic E-state index is 11.5. The molecule has 0 bridgehead atoms. The standard InChI is InChI=1S/C9H7Br2NO4/c1-2-16-9(13)8-6(11)3-5(10)4-7(8)12(14)15/h3-4H,2H2,1H3. The molecule has 0 spiro atoms. The summed E-state index contributed by atoms with van der Waals surface area (Å²) in [6.45, 7) is 1.80. The molecular formula is C9H7Br2NO4. The quantitative estimate of drug-likeness (QED) is 0.475. The summed E-state index contributed by atoms with van der Waals surface area (Å²) in [4.78, 5) is 21.7. The van der Waals surface area contributed by atoms with Gasteiger partial charge in [-0.1, -0.05) is 15.9 Å². The van der Waals surface area contributed by atoms with Gasteiger partial charge in [-0.25, -0.2) is 4.79 Å². The van der Waals surface area contributed by atoms with Crippen LogP contribution < -0.4 is 0 Å². The van der Waals surface area contributed by atoms with Gasteiger partial charge in [0.15, 0.2) is 5.56 Å². The van der Waals surface area contributed by atoms with Crippen molar-refractivity contribution in [1.82, 2.24) is 0 Å². The van der Waals surface area contributed by atoms with E-state index in [2.05, 4.69) is 31.9 Å². The summed E-state index contributed by atoms with van der Waals surface area (Å²) >= 11 is 6.22. The van der Waals surface area contributed by atoms with Crippen molar-refractivity contribution in [2.45, 2.75) is 6.92 Å². The number of hydrogen-bond acceptors (Lipinski definition) is 4. The van der Waals surface area contributed by atoms with Crippen LogP contribution in [0.1, 0.15) is 17.3 Å². The molecule has 0 unspecified atom stereocenters. The molecule has 0 amide bonds. The summed E-state index contributed by atoms with van der Waals surface area (Å²) in [5.74, 6) is -0.714. The minimum absolute atomic E-state index is 0.0740. The van der Waals surface area contributed by atoms with Gasteiger partial charge >= 0.3 is 5.97 Å². The van der Waals surface area contributed by atoms with E-state index in [9.17, 15) is 14.9 Å². The Labute approximate surface area is 108 Å². The first-order valence-corrected chi connectivity index (χ1v) is 5.86. The van der Waals surface area contributed by atoms with Gasteiger partial charge in [-0.2, -0.15) is 0 Å². The van der Waals surface area contributed by atoms with E-state index in [1.807, 2.05) is 0 Å². The number of carbonyl (C=O) groups excluding carboxylic acids is 1. The molecule has 1 aromatic carbocycles. The minimum Gasteiger partial charge on any atom is -0.462 e. The van der Waals surface area contributed by atoms with Crippen molar-refractivity contribution < 1.29 is 14.5 Å². The van der Waals surface area contributed by atoms with Crippen molar-refractivity contribution in [1.29, 1.82) is 0 Å². The largest absolute Gasteiger partial charge is 0.462 e. The second-order valence-corrected chi connectivity index (χ2v) is 4.53. The Bertz CT molecular complexity index is 447. The average Bonchev–Trinajstić information content (AvgIpc) is 2.16. The van der Waals surface area contributed by atoms with Crippen LogP contribution in [0.25, 0.3) is 0 Å². The van der Waals surface area contributed by atoms with E-state index in [-0.39, 0.29) is 17.9 Å². The lowest BCUT2D eigenvalue weighted by molar-refractivity contribution is -0.385. The first kappa shape index (κ1) is 13.1. The third kappa shape index (κ3) is 2.79. The SMILES string of the molecule is CCOC(=O)c1c(Br)cc(Br)cc1[N+](=O)[O-]. The minimum atomic E-state index is -0.714. The second-order valence-electron chi connectivity index (χ2n) is 2.76. The van der Waals surface area contributed by atoms with Crippen molar-refractivity contribution in [3.05, 3.63) is 36.8 Å². The Morgan fingerprint density at radius 3 is 2.62 bits per heavy atom. The zero-order chi connectivity index (χ0) is 12.3. The van der Waals surface area contributed by atoms with Gasteiger partial charge in [0.05, 0.1) is 11.5 Å². The van der Waals surface area contributed by atoms with E-state index in [1.54, 1.807) is 13.0 Å². The smallest absolute Gasteiger partial charge is 0.346 e. The third-order valence-corrected chi connectivity index (χ3v) is 2.79. The summed E-state index contributed by atoms with van der Waals surface area (Å²) < 4.78 is 5.59. The Hall–Kier alpha value is -0.950. The molecule has 0 saturated heterocycles. The zero-order valence-electron chi connectivity index (χ0n) is 8.20. The number of halogens is 2. The number of nitro groups is 1. The maximum Gasteiger partial charge on any atom is 0.346 e. The molecule has 7 heteroatoms. The molecule has 5 nitrogen and oxygen atoms in total. The van der Waals surface area contributed by atoms with Crippen molar-refractivity contribution in [2.24, 2.45) is 0 Å². The van der Waals surface area contributed by atoms with Gasteiger partial charge < -0.3 is 4.74 Å². The van der Waals surface area contributed by atoms with E-state index in [0.717, 1.165) is 0 Å². The van der Waals surface area contributed by atoms with Crippen molar-refractivity contribution >= 4 is 43.5 Å². The van der Waals surface area contributed by atoms with Crippen LogP contribution in [0.5, 0.6) is 0 Å². The number of esters is 1. The Morgan fingerprint density at radius 2 is 2.12 bits per heavy atom. The summed E-state index contributed by atoms with van der Waals surface area (Å²) in [6.07, 6.45) is 0. The van der Waals surface area contributed by atoms with Crippen molar-refractivity contribution in [3.8, 4) is 0 Å². The first-order chi connectivity index (χ1) is 7.47. The van der Waals surface area contributed by atoms with Gasteiger partial charge in [-0.05, 0) is 28.9 Å². The van der Waals surface area contributed by atoms with Gasteiger partial charge in [0.25, 0.3) is 5.69 Å². The Balaban J connectivity index is 3.35. The van der Waals surface area contributed by atoms with E-state index >= 15 is 0 Å². The monoisotopic (exact) mass is 351 g/mol. The summed E-state index contributed by atoms with van der Waals surface area (Å²) in [6, 6.07) is 2.82. The molecule has 0 aliphatic rings. The van der Waals surface area contributed by atoms with E-state index in [1.165, 1.54) is 6.07 Å². The molecule has 0 atom stereocenters. The molecule has 0 radical (unpaired) electrons. The zero-order valence-corrected chi connectivity index (χ0v) is 11.4. The fraction of sp³-hybridized carbons (Fsp3) is 0.222. The van der Waals surface area contributed by atoms with Crippen LogP contribution in [-0.2, 0) is 4.74 Å². The molecule has 0 N–H and O–H groups in total. The number of hydrogen-bond donors (Lipinski definition) is 0. The molecule has 16 heavy (non-hydrogen) atoms. The van der Waals surface area contributed by atoms with E-state index in [0.29, 0.717) is 8.95 Å². The molecular weight excluding hydrogens is 346 g/mol. The number of carbonyl (C=O) groups is 1. The maximum atomic E-state index is 11.5. The lowest BCUT2D eigenvalue weighted by atomic mass is 10.2.